The van der Waals surface area contributed by atoms with Crippen LogP contribution in [0.15, 0.2) is 0 Å². The predicted octanol–water partition coefficient (Wildman–Crippen LogP) is 3.88. The Hall–Kier alpha value is -1.34. The minimum absolute atomic E-state index is 0.117. The van der Waals surface area contributed by atoms with E-state index in [2.05, 4.69) is 0 Å². The van der Waals surface area contributed by atoms with Crippen molar-refractivity contribution in [1.82, 2.24) is 0 Å². The first kappa shape index (κ1) is 18.5. The van der Waals surface area contributed by atoms with Crippen molar-refractivity contribution in [2.45, 2.75) is 63.7 Å². The van der Waals surface area contributed by atoms with Crippen LogP contribution < -0.4 is 0 Å². The van der Waals surface area contributed by atoms with E-state index < -0.39 is 47.6 Å². The first-order valence-electron chi connectivity index (χ1n) is 8.55. The largest absolute Gasteiger partial charge is 0.481 e. The third kappa shape index (κ3) is 3.01. The second-order valence-corrected chi connectivity index (χ2v) is 8.31. The first-order valence-corrected chi connectivity index (χ1v) is 8.55. The minimum Gasteiger partial charge on any atom is -0.481 e. The van der Waals surface area contributed by atoms with Crippen molar-refractivity contribution < 1.29 is 37.0 Å². The van der Waals surface area contributed by atoms with Crippen molar-refractivity contribution in [2.75, 3.05) is 6.61 Å². The average molecular weight is 366 g/mol. The number of ether oxygens (including phenoxy) is 1. The molecule has 4 nitrogen and oxygen atoms in total. The van der Waals surface area contributed by atoms with Gasteiger partial charge in [-0.15, -0.1) is 0 Å². The van der Waals surface area contributed by atoms with Gasteiger partial charge in [-0.25, -0.2) is 8.78 Å². The van der Waals surface area contributed by atoms with Gasteiger partial charge in [0.25, 0.3) is 0 Å². The lowest BCUT2D eigenvalue weighted by atomic mass is 9.44. The van der Waals surface area contributed by atoms with Crippen molar-refractivity contribution in [2.24, 2.45) is 22.7 Å². The van der Waals surface area contributed by atoms with E-state index >= 15 is 0 Å². The fourth-order valence-corrected chi connectivity index (χ4v) is 5.40. The van der Waals surface area contributed by atoms with E-state index in [-0.39, 0.29) is 25.2 Å². The highest BCUT2D eigenvalue weighted by molar-refractivity contribution is 5.82. The normalized spacial score (nSPS) is 37.2. The van der Waals surface area contributed by atoms with Gasteiger partial charge in [-0.05, 0) is 50.4 Å². The van der Waals surface area contributed by atoms with Gasteiger partial charge in [0.05, 0.1) is 23.9 Å². The molecule has 4 aliphatic rings. The number of carbonyl (C=O) groups excluding carboxylic acids is 1. The minimum atomic E-state index is -4.25. The molecular weight excluding hydrogens is 344 g/mol. The highest BCUT2D eigenvalue weighted by atomic mass is 19.3. The molecule has 0 aromatic carbocycles. The highest BCUT2D eigenvalue weighted by Gasteiger charge is 2.64. The molecule has 4 bridgehead atoms. The van der Waals surface area contributed by atoms with Gasteiger partial charge in [0.1, 0.15) is 0 Å². The van der Waals surface area contributed by atoms with Crippen molar-refractivity contribution in [3.05, 3.63) is 0 Å². The van der Waals surface area contributed by atoms with E-state index in [0.29, 0.717) is 25.7 Å². The summed E-state index contributed by atoms with van der Waals surface area (Å²) in [6.45, 7) is -0.670. The van der Waals surface area contributed by atoms with E-state index in [0.717, 1.165) is 6.42 Å². The monoisotopic (exact) mass is 366 g/mol. The first-order chi connectivity index (χ1) is 11.4. The maximum Gasteiger partial charge on any atom is 0.313 e. The summed E-state index contributed by atoms with van der Waals surface area (Å²) in [6, 6.07) is 0. The number of carbonyl (C=O) groups is 2. The number of carboxylic acids is 1. The molecule has 142 valence electrons. The summed E-state index contributed by atoms with van der Waals surface area (Å²) in [7, 11) is 0. The number of halogens is 4. The molecule has 0 amide bonds. The summed E-state index contributed by atoms with van der Waals surface area (Å²) in [5.74, 6) is -9.83. The molecule has 4 fully saturated rings. The molecular formula is C17H22F4O4. The zero-order valence-electron chi connectivity index (χ0n) is 14.0. The summed E-state index contributed by atoms with van der Waals surface area (Å²) >= 11 is 0. The average Bonchev–Trinajstić information content (AvgIpc) is 2.44. The lowest BCUT2D eigenvalue weighted by Crippen LogP contribution is -2.58. The second-order valence-electron chi connectivity index (χ2n) is 8.31. The van der Waals surface area contributed by atoms with Crippen LogP contribution >= 0.6 is 0 Å². The van der Waals surface area contributed by atoms with Crippen LogP contribution in [0.3, 0.4) is 0 Å². The van der Waals surface area contributed by atoms with Crippen molar-refractivity contribution in [3.8, 4) is 0 Å². The van der Waals surface area contributed by atoms with Gasteiger partial charge < -0.3 is 9.84 Å². The van der Waals surface area contributed by atoms with Crippen LogP contribution in [0.1, 0.15) is 51.9 Å². The Morgan fingerprint density at radius 3 is 2.08 bits per heavy atom. The molecule has 2 unspecified atom stereocenters. The Morgan fingerprint density at radius 1 is 1.08 bits per heavy atom. The Labute approximate surface area is 142 Å². The van der Waals surface area contributed by atoms with Gasteiger partial charge >= 0.3 is 23.8 Å². The molecule has 1 N–H and O–H groups in total. The van der Waals surface area contributed by atoms with E-state index in [1.165, 1.54) is 0 Å². The molecule has 25 heavy (non-hydrogen) atoms. The molecule has 0 aromatic heterocycles. The van der Waals surface area contributed by atoms with Crippen LogP contribution in [0.5, 0.6) is 0 Å². The third-order valence-electron chi connectivity index (χ3n) is 6.24. The Bertz CT molecular complexity index is 570. The molecule has 0 heterocycles. The smallest absolute Gasteiger partial charge is 0.313 e. The Kier molecular flexibility index (Phi) is 4.12. The maximum atomic E-state index is 13.3. The summed E-state index contributed by atoms with van der Waals surface area (Å²) in [6.07, 6.45) is 1.85. The molecule has 0 saturated heterocycles. The maximum absolute atomic E-state index is 13.3. The SMILES string of the molecule is CC(F)(F)C(F)(F)CCOC(=O)C12CC3CC(CC(C(=O)O)(C3)C1)C2. The lowest BCUT2D eigenvalue weighted by Gasteiger charge is -2.59. The molecule has 0 aliphatic heterocycles. The Morgan fingerprint density at radius 2 is 1.60 bits per heavy atom. The van der Waals surface area contributed by atoms with Crippen molar-refractivity contribution in [1.29, 1.82) is 0 Å². The number of hydrogen-bond donors (Lipinski definition) is 1. The fourth-order valence-electron chi connectivity index (χ4n) is 5.40. The van der Waals surface area contributed by atoms with Gasteiger partial charge in [-0.3, -0.25) is 9.59 Å². The lowest BCUT2D eigenvalue weighted by molar-refractivity contribution is -0.211. The highest BCUT2D eigenvalue weighted by Crippen LogP contribution is 2.65. The van der Waals surface area contributed by atoms with E-state index in [1.807, 2.05) is 0 Å². The van der Waals surface area contributed by atoms with Crippen LogP contribution in [0, 0.1) is 22.7 Å². The number of carboxylic acid groups (broad SMARTS) is 1. The van der Waals surface area contributed by atoms with Gasteiger partial charge in [0.2, 0.25) is 0 Å². The van der Waals surface area contributed by atoms with Gasteiger partial charge in [-0.2, -0.15) is 8.78 Å². The number of aliphatic carboxylic acids is 1. The molecule has 2 atom stereocenters. The predicted molar refractivity (Wildman–Crippen MR) is 78.3 cm³/mol. The molecule has 4 aliphatic carbocycles. The van der Waals surface area contributed by atoms with Crippen molar-refractivity contribution in [3.63, 3.8) is 0 Å². The van der Waals surface area contributed by atoms with E-state index in [9.17, 15) is 32.3 Å². The topological polar surface area (TPSA) is 63.6 Å². The van der Waals surface area contributed by atoms with Crippen LogP contribution in [0.4, 0.5) is 17.6 Å². The third-order valence-corrected chi connectivity index (χ3v) is 6.24. The number of hydrogen-bond acceptors (Lipinski definition) is 3. The molecule has 0 spiro atoms. The zero-order valence-corrected chi connectivity index (χ0v) is 14.0. The molecule has 4 rings (SSSR count). The standard InChI is InChI=1S/C17H22F4O4/c1-14(18,19)17(20,21)2-3-25-13(24)16-7-10-4-11(8-16)6-15(5-10,9-16)12(22)23/h10-11H,2-9H2,1H3,(H,22,23). The number of alkyl halides is 4. The van der Waals surface area contributed by atoms with Gasteiger partial charge in [0.15, 0.2) is 0 Å². The van der Waals surface area contributed by atoms with Crippen LogP contribution in [0.2, 0.25) is 0 Å². The summed E-state index contributed by atoms with van der Waals surface area (Å²) < 4.78 is 57.2. The number of esters is 1. The quantitative estimate of drug-likeness (QED) is 0.572. The number of rotatable bonds is 6. The fraction of sp³-hybridized carbons (Fsp3) is 0.882. The summed E-state index contributed by atoms with van der Waals surface area (Å²) in [5, 5.41) is 9.61. The van der Waals surface area contributed by atoms with E-state index in [1.54, 1.807) is 0 Å². The van der Waals surface area contributed by atoms with Crippen molar-refractivity contribution >= 4 is 11.9 Å². The van der Waals surface area contributed by atoms with Crippen LogP contribution in [-0.2, 0) is 14.3 Å². The van der Waals surface area contributed by atoms with Crippen LogP contribution in [-0.4, -0.2) is 35.5 Å². The molecule has 8 heteroatoms. The van der Waals surface area contributed by atoms with Crippen LogP contribution in [0.25, 0.3) is 0 Å². The zero-order chi connectivity index (χ0) is 18.7. The van der Waals surface area contributed by atoms with Gasteiger partial charge in [-0.1, -0.05) is 0 Å². The summed E-state index contributed by atoms with van der Waals surface area (Å²) in [5.41, 5.74) is -1.91. The summed E-state index contributed by atoms with van der Waals surface area (Å²) in [4.78, 5) is 24.3. The molecule has 0 aromatic rings. The molecule has 0 radical (unpaired) electrons. The Balaban J connectivity index is 1.67. The van der Waals surface area contributed by atoms with Gasteiger partial charge in [0, 0.05) is 6.92 Å². The van der Waals surface area contributed by atoms with E-state index in [4.69, 9.17) is 4.74 Å². The molecule has 4 saturated carbocycles. The second kappa shape index (κ2) is 5.58.